The van der Waals surface area contributed by atoms with E-state index >= 15 is 0 Å². The highest BCUT2D eigenvalue weighted by atomic mass is 16.5. The van der Waals surface area contributed by atoms with Crippen molar-refractivity contribution in [2.45, 2.75) is 32.9 Å². The van der Waals surface area contributed by atoms with Crippen molar-refractivity contribution in [2.75, 3.05) is 5.32 Å². The van der Waals surface area contributed by atoms with E-state index < -0.39 is 0 Å². The first kappa shape index (κ1) is 13.4. The monoisotopic (exact) mass is 256 g/mol. The molecular weight excluding hydrogens is 236 g/mol. The van der Waals surface area contributed by atoms with Crippen molar-refractivity contribution < 1.29 is 4.74 Å². The van der Waals surface area contributed by atoms with Crippen molar-refractivity contribution >= 4 is 5.69 Å². The Morgan fingerprint density at radius 2 is 1.68 bits per heavy atom. The lowest BCUT2D eigenvalue weighted by atomic mass is 10.1. The fraction of sp³-hybridized carbons (Fsp3) is 0.312. The molecule has 3 heteroatoms. The molecular formula is C16H20N2O. The van der Waals surface area contributed by atoms with Crippen molar-refractivity contribution in [3.05, 3.63) is 54.4 Å². The second kappa shape index (κ2) is 6.23. The van der Waals surface area contributed by atoms with Crippen LogP contribution in [-0.4, -0.2) is 11.1 Å². The van der Waals surface area contributed by atoms with Gasteiger partial charge in [0.15, 0.2) is 0 Å². The molecule has 0 radical (unpaired) electrons. The van der Waals surface area contributed by atoms with Crippen LogP contribution in [0.5, 0.6) is 5.75 Å². The van der Waals surface area contributed by atoms with Crippen LogP contribution in [0.25, 0.3) is 0 Å². The van der Waals surface area contributed by atoms with Gasteiger partial charge in [-0.05, 0) is 50.6 Å². The first-order valence-electron chi connectivity index (χ1n) is 6.59. The van der Waals surface area contributed by atoms with Gasteiger partial charge in [-0.3, -0.25) is 4.98 Å². The third kappa shape index (κ3) is 3.71. The Morgan fingerprint density at radius 1 is 1.00 bits per heavy atom. The smallest absolute Gasteiger partial charge is 0.142 e. The molecule has 19 heavy (non-hydrogen) atoms. The number of pyridine rings is 1. The molecule has 100 valence electrons. The predicted octanol–water partition coefficient (Wildman–Crippen LogP) is 4.04. The second-order valence-electron chi connectivity index (χ2n) is 4.81. The molecule has 1 aromatic carbocycles. The Labute approximate surface area is 114 Å². The summed E-state index contributed by atoms with van der Waals surface area (Å²) in [4.78, 5) is 4.04. The van der Waals surface area contributed by atoms with Gasteiger partial charge in [-0.2, -0.15) is 0 Å². The summed E-state index contributed by atoms with van der Waals surface area (Å²) >= 11 is 0. The van der Waals surface area contributed by atoms with Gasteiger partial charge in [0, 0.05) is 18.4 Å². The Bertz CT molecular complexity index is 511. The molecule has 1 heterocycles. The van der Waals surface area contributed by atoms with Crippen LogP contribution >= 0.6 is 0 Å². The summed E-state index contributed by atoms with van der Waals surface area (Å²) in [6, 6.07) is 12.3. The van der Waals surface area contributed by atoms with E-state index in [2.05, 4.69) is 17.2 Å². The Hall–Kier alpha value is -2.03. The summed E-state index contributed by atoms with van der Waals surface area (Å²) in [5.41, 5.74) is 2.22. The molecule has 0 amide bonds. The minimum atomic E-state index is 0.166. The van der Waals surface area contributed by atoms with Gasteiger partial charge in [0.25, 0.3) is 0 Å². The number of anilines is 1. The van der Waals surface area contributed by atoms with E-state index in [-0.39, 0.29) is 12.1 Å². The first-order valence-corrected chi connectivity index (χ1v) is 6.59. The Kier molecular flexibility index (Phi) is 4.39. The predicted molar refractivity (Wildman–Crippen MR) is 78.5 cm³/mol. The van der Waals surface area contributed by atoms with Gasteiger partial charge in [0.05, 0.1) is 11.8 Å². The van der Waals surface area contributed by atoms with Gasteiger partial charge in [-0.25, -0.2) is 0 Å². The van der Waals surface area contributed by atoms with Gasteiger partial charge >= 0.3 is 0 Å². The van der Waals surface area contributed by atoms with Crippen LogP contribution in [0.3, 0.4) is 0 Å². The third-order valence-electron chi connectivity index (χ3n) is 2.83. The number of para-hydroxylation sites is 2. The molecule has 1 unspecified atom stereocenters. The topological polar surface area (TPSA) is 34.1 Å². The molecule has 1 N–H and O–H groups in total. The lowest BCUT2D eigenvalue weighted by Crippen LogP contribution is -2.11. The molecule has 0 bridgehead atoms. The lowest BCUT2D eigenvalue weighted by Gasteiger charge is -2.19. The van der Waals surface area contributed by atoms with E-state index in [1.54, 1.807) is 0 Å². The number of hydrogen-bond donors (Lipinski definition) is 1. The highest BCUT2D eigenvalue weighted by Gasteiger charge is 2.09. The van der Waals surface area contributed by atoms with E-state index in [4.69, 9.17) is 4.74 Å². The van der Waals surface area contributed by atoms with Gasteiger partial charge in [-0.1, -0.05) is 12.1 Å². The van der Waals surface area contributed by atoms with Crippen molar-refractivity contribution in [3.8, 4) is 5.75 Å². The quantitative estimate of drug-likeness (QED) is 0.876. The van der Waals surface area contributed by atoms with Crippen LogP contribution in [0.4, 0.5) is 5.69 Å². The molecule has 0 saturated heterocycles. The Morgan fingerprint density at radius 3 is 2.37 bits per heavy atom. The zero-order valence-corrected chi connectivity index (χ0v) is 11.6. The molecule has 0 aliphatic carbocycles. The maximum atomic E-state index is 5.81. The number of benzene rings is 1. The molecule has 0 aliphatic heterocycles. The maximum absolute atomic E-state index is 5.81. The number of rotatable bonds is 5. The summed E-state index contributed by atoms with van der Waals surface area (Å²) in [5.74, 6) is 0.887. The van der Waals surface area contributed by atoms with Gasteiger partial charge in [-0.15, -0.1) is 0 Å². The average Bonchev–Trinajstić information content (AvgIpc) is 2.41. The summed E-state index contributed by atoms with van der Waals surface area (Å²) in [7, 11) is 0. The van der Waals surface area contributed by atoms with Crippen LogP contribution < -0.4 is 10.1 Å². The number of ether oxygens (including phenoxy) is 1. The molecule has 0 aliphatic rings. The van der Waals surface area contributed by atoms with Gasteiger partial charge in [0.1, 0.15) is 5.75 Å². The number of hydrogen-bond acceptors (Lipinski definition) is 3. The standard InChI is InChI=1S/C16H20N2O/c1-12(2)19-16-7-5-4-6-15(16)18-13(3)14-8-10-17-11-9-14/h4-13,18H,1-3H3. The summed E-state index contributed by atoms with van der Waals surface area (Å²) in [6.45, 7) is 6.19. The van der Waals surface area contributed by atoms with Crippen LogP contribution in [0.1, 0.15) is 32.4 Å². The normalized spacial score (nSPS) is 12.2. The number of aromatic nitrogens is 1. The first-order chi connectivity index (χ1) is 9.16. The zero-order chi connectivity index (χ0) is 13.7. The van der Waals surface area contributed by atoms with Gasteiger partial charge < -0.3 is 10.1 Å². The minimum absolute atomic E-state index is 0.166. The average molecular weight is 256 g/mol. The van der Waals surface area contributed by atoms with E-state index in [0.717, 1.165) is 11.4 Å². The number of nitrogens with one attached hydrogen (secondary N) is 1. The lowest BCUT2D eigenvalue weighted by molar-refractivity contribution is 0.243. The Balaban J connectivity index is 2.15. The molecule has 3 nitrogen and oxygen atoms in total. The largest absolute Gasteiger partial charge is 0.489 e. The van der Waals surface area contributed by atoms with E-state index in [1.165, 1.54) is 5.56 Å². The molecule has 0 saturated carbocycles. The van der Waals surface area contributed by atoms with E-state index in [1.807, 2.05) is 62.6 Å². The summed E-state index contributed by atoms with van der Waals surface area (Å²) in [6.07, 6.45) is 3.79. The van der Waals surface area contributed by atoms with Crippen LogP contribution in [0.15, 0.2) is 48.8 Å². The zero-order valence-electron chi connectivity index (χ0n) is 11.6. The third-order valence-corrected chi connectivity index (χ3v) is 2.83. The maximum Gasteiger partial charge on any atom is 0.142 e. The highest BCUT2D eigenvalue weighted by Crippen LogP contribution is 2.28. The molecule has 0 fully saturated rings. The molecule has 1 aromatic heterocycles. The SMILES string of the molecule is CC(C)Oc1ccccc1NC(C)c1ccncc1. The van der Waals surface area contributed by atoms with Crippen LogP contribution in [0, 0.1) is 0 Å². The van der Waals surface area contributed by atoms with Crippen LogP contribution in [0.2, 0.25) is 0 Å². The van der Waals surface area contributed by atoms with E-state index in [0.29, 0.717) is 0 Å². The molecule has 2 rings (SSSR count). The summed E-state index contributed by atoms with van der Waals surface area (Å²) in [5, 5.41) is 3.48. The van der Waals surface area contributed by atoms with Crippen molar-refractivity contribution in [3.63, 3.8) is 0 Å². The fourth-order valence-corrected chi connectivity index (χ4v) is 1.91. The highest BCUT2D eigenvalue weighted by molar-refractivity contribution is 5.57. The molecule has 1 atom stereocenters. The fourth-order valence-electron chi connectivity index (χ4n) is 1.91. The second-order valence-corrected chi connectivity index (χ2v) is 4.81. The van der Waals surface area contributed by atoms with E-state index in [9.17, 15) is 0 Å². The molecule has 0 spiro atoms. The minimum Gasteiger partial charge on any atom is -0.489 e. The van der Waals surface area contributed by atoms with Crippen molar-refractivity contribution in [1.82, 2.24) is 4.98 Å². The van der Waals surface area contributed by atoms with Gasteiger partial charge in [0.2, 0.25) is 0 Å². The number of nitrogens with zero attached hydrogens (tertiary/aromatic N) is 1. The van der Waals surface area contributed by atoms with Crippen molar-refractivity contribution in [2.24, 2.45) is 0 Å². The van der Waals surface area contributed by atoms with Crippen molar-refractivity contribution in [1.29, 1.82) is 0 Å². The molecule has 2 aromatic rings. The van der Waals surface area contributed by atoms with Crippen LogP contribution in [-0.2, 0) is 0 Å². The summed E-state index contributed by atoms with van der Waals surface area (Å²) < 4.78 is 5.81.